The predicted molar refractivity (Wildman–Crippen MR) is 43.6 cm³/mol. The largest absolute Gasteiger partial charge is 0.396 e. The molecule has 1 aromatic rings. The summed E-state index contributed by atoms with van der Waals surface area (Å²) in [4.78, 5) is 8.11. The molecule has 1 aromatic heterocycles. The summed E-state index contributed by atoms with van der Waals surface area (Å²) >= 11 is 0. The molecule has 0 spiro atoms. The van der Waals surface area contributed by atoms with E-state index in [4.69, 9.17) is 10.2 Å². The molecular weight excluding hydrogens is 156 g/mol. The Hall–Kier alpha value is -1.00. The standard InChI is InChI=1S/C8H12N2O2/c11-3-1-7-5-10-8(2-4-12)6-9-7/h5-6,11-12H,1-4H2. The zero-order valence-corrected chi connectivity index (χ0v) is 6.77. The molecule has 0 aliphatic heterocycles. The van der Waals surface area contributed by atoms with E-state index in [2.05, 4.69) is 9.97 Å². The van der Waals surface area contributed by atoms with Gasteiger partial charge in [-0.2, -0.15) is 0 Å². The number of rotatable bonds is 4. The van der Waals surface area contributed by atoms with Gasteiger partial charge in [-0.15, -0.1) is 0 Å². The van der Waals surface area contributed by atoms with Crippen LogP contribution < -0.4 is 0 Å². The first-order chi connectivity index (χ1) is 5.86. The Balaban J connectivity index is 2.58. The summed E-state index contributed by atoms with van der Waals surface area (Å²) in [5, 5.41) is 17.2. The van der Waals surface area contributed by atoms with Crippen molar-refractivity contribution in [3.05, 3.63) is 23.8 Å². The Kier molecular flexibility index (Phi) is 3.63. The van der Waals surface area contributed by atoms with Crippen LogP contribution in [0.15, 0.2) is 12.4 Å². The summed E-state index contributed by atoms with van der Waals surface area (Å²) in [5.41, 5.74) is 1.55. The Morgan fingerprint density at radius 2 is 1.33 bits per heavy atom. The van der Waals surface area contributed by atoms with Crippen LogP contribution in [0.2, 0.25) is 0 Å². The van der Waals surface area contributed by atoms with Crippen LogP contribution in [0.4, 0.5) is 0 Å². The molecule has 0 saturated heterocycles. The van der Waals surface area contributed by atoms with Crippen LogP contribution in [0.3, 0.4) is 0 Å². The second kappa shape index (κ2) is 4.79. The maximum Gasteiger partial charge on any atom is 0.0609 e. The van der Waals surface area contributed by atoms with Crippen molar-refractivity contribution in [2.45, 2.75) is 12.8 Å². The number of aromatic nitrogens is 2. The van der Waals surface area contributed by atoms with Gasteiger partial charge in [0, 0.05) is 38.4 Å². The molecule has 0 bridgehead atoms. The van der Waals surface area contributed by atoms with E-state index in [9.17, 15) is 0 Å². The maximum absolute atomic E-state index is 8.58. The Morgan fingerprint density at radius 1 is 0.917 bits per heavy atom. The minimum atomic E-state index is 0.0913. The van der Waals surface area contributed by atoms with Crippen LogP contribution in [-0.2, 0) is 12.8 Å². The third-order valence-corrected chi connectivity index (χ3v) is 1.49. The highest BCUT2D eigenvalue weighted by atomic mass is 16.3. The molecule has 0 saturated carbocycles. The quantitative estimate of drug-likeness (QED) is 0.638. The summed E-state index contributed by atoms with van der Waals surface area (Å²) in [6.07, 6.45) is 4.32. The first-order valence-corrected chi connectivity index (χ1v) is 3.88. The van der Waals surface area contributed by atoms with Crippen LogP contribution in [-0.4, -0.2) is 33.4 Å². The lowest BCUT2D eigenvalue weighted by molar-refractivity contribution is 0.295. The molecule has 0 aliphatic carbocycles. The SMILES string of the molecule is OCCc1cnc(CCO)cn1. The molecule has 0 aromatic carbocycles. The van der Waals surface area contributed by atoms with Gasteiger partial charge in [-0.3, -0.25) is 9.97 Å². The summed E-state index contributed by atoms with van der Waals surface area (Å²) < 4.78 is 0. The van der Waals surface area contributed by atoms with Gasteiger partial charge in [0.25, 0.3) is 0 Å². The molecule has 66 valence electrons. The molecule has 2 N–H and O–H groups in total. The molecule has 12 heavy (non-hydrogen) atoms. The van der Waals surface area contributed by atoms with Gasteiger partial charge in [-0.25, -0.2) is 0 Å². The third-order valence-electron chi connectivity index (χ3n) is 1.49. The van der Waals surface area contributed by atoms with Crippen LogP contribution in [0.25, 0.3) is 0 Å². The number of aliphatic hydroxyl groups excluding tert-OH is 2. The number of aliphatic hydroxyl groups is 2. The number of nitrogens with zero attached hydrogens (tertiary/aromatic N) is 2. The lowest BCUT2D eigenvalue weighted by atomic mass is 10.3. The van der Waals surface area contributed by atoms with Crippen molar-refractivity contribution in [1.82, 2.24) is 9.97 Å². The van der Waals surface area contributed by atoms with Crippen molar-refractivity contribution in [3.8, 4) is 0 Å². The minimum absolute atomic E-state index is 0.0913. The Morgan fingerprint density at radius 3 is 1.58 bits per heavy atom. The average Bonchev–Trinajstić information content (AvgIpc) is 2.09. The van der Waals surface area contributed by atoms with Gasteiger partial charge in [-0.1, -0.05) is 0 Å². The van der Waals surface area contributed by atoms with Crippen LogP contribution in [0, 0.1) is 0 Å². The van der Waals surface area contributed by atoms with Gasteiger partial charge in [0.1, 0.15) is 0 Å². The lowest BCUT2D eigenvalue weighted by Gasteiger charge is -1.98. The summed E-state index contributed by atoms with van der Waals surface area (Å²) in [6.45, 7) is 0.183. The van der Waals surface area contributed by atoms with E-state index in [0.29, 0.717) is 12.8 Å². The van der Waals surface area contributed by atoms with E-state index in [1.165, 1.54) is 0 Å². The molecule has 0 unspecified atom stereocenters. The monoisotopic (exact) mass is 168 g/mol. The second-order valence-electron chi connectivity index (χ2n) is 2.45. The summed E-state index contributed by atoms with van der Waals surface area (Å²) in [6, 6.07) is 0. The van der Waals surface area contributed by atoms with Crippen LogP contribution >= 0.6 is 0 Å². The zero-order chi connectivity index (χ0) is 8.81. The van der Waals surface area contributed by atoms with Crippen molar-refractivity contribution in [2.75, 3.05) is 13.2 Å². The molecule has 0 atom stereocenters. The van der Waals surface area contributed by atoms with Gasteiger partial charge in [0.05, 0.1) is 11.4 Å². The minimum Gasteiger partial charge on any atom is -0.396 e. The maximum atomic E-state index is 8.58. The van der Waals surface area contributed by atoms with Crippen molar-refractivity contribution in [2.24, 2.45) is 0 Å². The molecule has 0 radical (unpaired) electrons. The normalized spacial score (nSPS) is 10.2. The molecule has 0 aliphatic rings. The van der Waals surface area contributed by atoms with E-state index < -0.39 is 0 Å². The molecule has 4 nitrogen and oxygen atoms in total. The first-order valence-electron chi connectivity index (χ1n) is 3.88. The van der Waals surface area contributed by atoms with E-state index in [-0.39, 0.29) is 13.2 Å². The fourth-order valence-electron chi connectivity index (χ4n) is 0.869. The van der Waals surface area contributed by atoms with Gasteiger partial charge in [-0.05, 0) is 0 Å². The zero-order valence-electron chi connectivity index (χ0n) is 6.77. The van der Waals surface area contributed by atoms with Gasteiger partial charge >= 0.3 is 0 Å². The highest BCUT2D eigenvalue weighted by molar-refractivity contribution is 5.02. The van der Waals surface area contributed by atoms with Crippen molar-refractivity contribution in [1.29, 1.82) is 0 Å². The first kappa shape index (κ1) is 9.09. The topological polar surface area (TPSA) is 66.2 Å². The van der Waals surface area contributed by atoms with Gasteiger partial charge < -0.3 is 10.2 Å². The Labute approximate surface area is 70.9 Å². The average molecular weight is 168 g/mol. The number of hydrogen-bond donors (Lipinski definition) is 2. The lowest BCUT2D eigenvalue weighted by Crippen LogP contribution is -2.00. The highest BCUT2D eigenvalue weighted by Gasteiger charge is 1.95. The molecule has 1 rings (SSSR count). The van der Waals surface area contributed by atoms with E-state index in [1.54, 1.807) is 12.4 Å². The van der Waals surface area contributed by atoms with Crippen molar-refractivity contribution >= 4 is 0 Å². The smallest absolute Gasteiger partial charge is 0.0609 e. The van der Waals surface area contributed by atoms with Crippen molar-refractivity contribution < 1.29 is 10.2 Å². The fraction of sp³-hybridized carbons (Fsp3) is 0.500. The molecule has 0 fully saturated rings. The van der Waals surface area contributed by atoms with E-state index in [0.717, 1.165) is 11.4 Å². The highest BCUT2D eigenvalue weighted by Crippen LogP contribution is 1.96. The second-order valence-corrected chi connectivity index (χ2v) is 2.45. The predicted octanol–water partition coefficient (Wildman–Crippen LogP) is -0.454. The van der Waals surface area contributed by atoms with Gasteiger partial charge in [0.2, 0.25) is 0 Å². The summed E-state index contributed by atoms with van der Waals surface area (Å²) in [7, 11) is 0. The van der Waals surface area contributed by atoms with Crippen LogP contribution in [0.5, 0.6) is 0 Å². The van der Waals surface area contributed by atoms with Gasteiger partial charge in [0.15, 0.2) is 0 Å². The Bertz CT molecular complexity index is 198. The molecule has 4 heteroatoms. The fourth-order valence-corrected chi connectivity index (χ4v) is 0.869. The molecule has 1 heterocycles. The van der Waals surface area contributed by atoms with E-state index >= 15 is 0 Å². The van der Waals surface area contributed by atoms with Crippen LogP contribution in [0.1, 0.15) is 11.4 Å². The third kappa shape index (κ3) is 2.56. The molecular formula is C8H12N2O2. The molecule has 0 amide bonds. The van der Waals surface area contributed by atoms with Crippen molar-refractivity contribution in [3.63, 3.8) is 0 Å². The number of hydrogen-bond acceptors (Lipinski definition) is 4. The summed E-state index contributed by atoms with van der Waals surface area (Å²) in [5.74, 6) is 0. The van der Waals surface area contributed by atoms with E-state index in [1.807, 2.05) is 0 Å².